The van der Waals surface area contributed by atoms with Gasteiger partial charge in [-0.05, 0) is 56.7 Å². The van der Waals surface area contributed by atoms with Crippen LogP contribution in [-0.4, -0.2) is 69.6 Å². The fourth-order valence-corrected chi connectivity index (χ4v) is 7.49. The van der Waals surface area contributed by atoms with E-state index in [4.69, 9.17) is 9.26 Å². The van der Waals surface area contributed by atoms with Crippen LogP contribution >= 0.6 is 7.52 Å². The Hall–Kier alpha value is -4.80. The first-order valence-corrected chi connectivity index (χ1v) is 17.1. The maximum Gasteiger partial charge on any atom is 0.323 e. The number of ether oxygens (including phenoxy) is 1. The third-order valence-corrected chi connectivity index (χ3v) is 9.93. The van der Waals surface area contributed by atoms with Crippen molar-refractivity contribution in [3.63, 3.8) is 0 Å². The van der Waals surface area contributed by atoms with E-state index >= 15 is 0 Å². The molecule has 5 rings (SSSR count). The lowest BCUT2D eigenvalue weighted by Crippen LogP contribution is -2.39. The van der Waals surface area contributed by atoms with Crippen molar-refractivity contribution in [1.82, 2.24) is 19.9 Å². The Balaban J connectivity index is 1.46. The number of halogens is 1. The molecule has 1 aliphatic heterocycles. The van der Waals surface area contributed by atoms with E-state index in [1.807, 2.05) is 0 Å². The van der Waals surface area contributed by atoms with Gasteiger partial charge in [0.05, 0.1) is 23.9 Å². The summed E-state index contributed by atoms with van der Waals surface area (Å²) in [7, 11) is -3.79. The van der Waals surface area contributed by atoms with E-state index < -0.39 is 37.2 Å². The van der Waals surface area contributed by atoms with Crippen molar-refractivity contribution in [3.8, 4) is 11.5 Å². The van der Waals surface area contributed by atoms with Gasteiger partial charge in [-0.2, -0.15) is 0 Å². The van der Waals surface area contributed by atoms with Crippen LogP contribution in [0.3, 0.4) is 0 Å². The lowest BCUT2D eigenvalue weighted by molar-refractivity contribution is -0.144. The fourth-order valence-electron chi connectivity index (χ4n) is 5.55. The summed E-state index contributed by atoms with van der Waals surface area (Å²) in [6.07, 6.45) is 1.31. The van der Waals surface area contributed by atoms with E-state index in [9.17, 15) is 28.4 Å². The van der Waals surface area contributed by atoms with E-state index in [0.29, 0.717) is 22.3 Å². The topological polar surface area (TPSA) is 138 Å². The number of aromatic hydroxyl groups is 1. The van der Waals surface area contributed by atoms with Crippen molar-refractivity contribution < 1.29 is 37.7 Å². The molecule has 3 aromatic carbocycles. The summed E-state index contributed by atoms with van der Waals surface area (Å²) >= 11 is 0. The molecule has 0 saturated heterocycles. The second kappa shape index (κ2) is 14.3. The van der Waals surface area contributed by atoms with E-state index in [-0.39, 0.29) is 61.3 Å². The molecule has 0 bridgehead atoms. The largest absolute Gasteiger partial charge is 0.505 e. The number of hydrogen-bond donors (Lipinski definition) is 2. The van der Waals surface area contributed by atoms with E-state index in [1.165, 1.54) is 35.1 Å². The molecule has 2 amide bonds. The summed E-state index contributed by atoms with van der Waals surface area (Å²) in [5.41, 5.74) is 1.31. The van der Waals surface area contributed by atoms with Crippen molar-refractivity contribution in [2.24, 2.45) is 0 Å². The SMILES string of the molecule is CCOC(=O)[C@H](C)NP(=O)(CCN(CC)C(=O)c1c2c(c(O)c3ncccc13)C(=O)N(Cc1ccc(F)cc1)C2)Oc1ccccc1. The second-order valence-corrected chi connectivity index (χ2v) is 13.3. The number of nitrogens with one attached hydrogen (secondary N) is 1. The van der Waals surface area contributed by atoms with Crippen molar-refractivity contribution in [2.75, 3.05) is 25.9 Å². The number of para-hydroxylation sites is 1. The van der Waals surface area contributed by atoms with E-state index in [2.05, 4.69) is 10.1 Å². The number of rotatable bonds is 13. The third-order valence-electron chi connectivity index (χ3n) is 7.85. The average molecular weight is 663 g/mol. The molecule has 1 unspecified atom stereocenters. The highest BCUT2D eigenvalue weighted by molar-refractivity contribution is 7.57. The highest BCUT2D eigenvalue weighted by Gasteiger charge is 2.38. The third kappa shape index (κ3) is 7.29. The number of aromatic nitrogens is 1. The normalized spacial score (nSPS) is 14.4. The Bertz CT molecular complexity index is 1840. The number of phenols is 1. The van der Waals surface area contributed by atoms with Gasteiger partial charge in [-0.15, -0.1) is 0 Å². The average Bonchev–Trinajstić information content (AvgIpc) is 3.38. The number of fused-ring (bicyclic) bond motifs is 2. The van der Waals surface area contributed by atoms with E-state index in [1.54, 1.807) is 68.4 Å². The molecule has 0 aliphatic carbocycles. The van der Waals surface area contributed by atoms with Gasteiger partial charge in [0, 0.05) is 43.3 Å². The van der Waals surface area contributed by atoms with Crippen LogP contribution in [0.2, 0.25) is 0 Å². The maximum absolute atomic E-state index is 14.4. The number of pyridine rings is 1. The molecule has 2 N–H and O–H groups in total. The molecule has 4 aromatic rings. The summed E-state index contributed by atoms with van der Waals surface area (Å²) in [6.45, 7) is 5.44. The quantitative estimate of drug-likeness (QED) is 0.140. The van der Waals surface area contributed by atoms with Gasteiger partial charge >= 0.3 is 13.5 Å². The zero-order valence-corrected chi connectivity index (χ0v) is 27.2. The zero-order valence-electron chi connectivity index (χ0n) is 26.3. The van der Waals surface area contributed by atoms with Crippen molar-refractivity contribution in [2.45, 2.75) is 39.9 Å². The molecule has 0 saturated carbocycles. The molecular weight excluding hydrogens is 626 g/mol. The number of hydrogen-bond acceptors (Lipinski definition) is 8. The standard InChI is InChI=1S/C34H36FN4O7P/c1-4-38(18-19-47(44,37-22(3)34(43)45-5-2)46-25-10-7-6-8-11-25)32(41)28-26-12-9-17-36-30(26)31(40)29-27(28)21-39(33(29)42)20-23-13-15-24(35)16-14-23/h6-17,22,40H,4-5,18-21H2,1-3H3,(H,37,44)/t22-,47?/m0/s1. The van der Waals surface area contributed by atoms with Crippen LogP contribution < -0.4 is 9.61 Å². The van der Waals surface area contributed by atoms with Gasteiger partial charge < -0.3 is 24.2 Å². The van der Waals surface area contributed by atoms with Crippen LogP contribution in [0.4, 0.5) is 4.39 Å². The lowest BCUT2D eigenvalue weighted by Gasteiger charge is -2.28. The minimum atomic E-state index is -3.79. The molecule has 13 heteroatoms. The maximum atomic E-state index is 14.4. The Morgan fingerprint density at radius 1 is 1.11 bits per heavy atom. The predicted octanol–water partition coefficient (Wildman–Crippen LogP) is 5.51. The number of carbonyl (C=O) groups excluding carboxylic acids is 3. The molecule has 0 fully saturated rings. The molecule has 2 heterocycles. The molecule has 0 radical (unpaired) electrons. The Labute approximate surface area is 271 Å². The molecule has 1 aliphatic rings. The van der Waals surface area contributed by atoms with Crippen molar-refractivity contribution >= 4 is 36.2 Å². The van der Waals surface area contributed by atoms with Crippen molar-refractivity contribution in [1.29, 1.82) is 0 Å². The Morgan fingerprint density at radius 2 is 1.83 bits per heavy atom. The smallest absolute Gasteiger partial charge is 0.323 e. The fraction of sp³-hybridized carbons (Fsp3) is 0.294. The van der Waals surface area contributed by atoms with E-state index in [0.717, 1.165) is 0 Å². The predicted molar refractivity (Wildman–Crippen MR) is 174 cm³/mol. The van der Waals surface area contributed by atoms with Crippen LogP contribution in [0, 0.1) is 5.82 Å². The van der Waals surface area contributed by atoms with Crippen molar-refractivity contribution in [3.05, 3.63) is 101 Å². The molecular formula is C34H36FN4O7P. The monoisotopic (exact) mass is 662 g/mol. The summed E-state index contributed by atoms with van der Waals surface area (Å²) in [5, 5.41) is 14.4. The molecule has 47 heavy (non-hydrogen) atoms. The molecule has 0 spiro atoms. The first-order chi connectivity index (χ1) is 22.5. The minimum Gasteiger partial charge on any atom is -0.505 e. The molecule has 2 atom stereocenters. The number of esters is 1. The number of benzene rings is 3. The van der Waals surface area contributed by atoms with Gasteiger partial charge in [0.2, 0.25) is 0 Å². The summed E-state index contributed by atoms with van der Waals surface area (Å²) < 4.78 is 38.7. The summed E-state index contributed by atoms with van der Waals surface area (Å²) in [5.74, 6) is -1.94. The number of nitrogens with zero attached hydrogens (tertiary/aromatic N) is 3. The second-order valence-electron chi connectivity index (χ2n) is 11.1. The van der Waals surface area contributed by atoms with Gasteiger partial charge in [0.25, 0.3) is 11.8 Å². The first-order valence-electron chi connectivity index (χ1n) is 15.3. The van der Waals surface area contributed by atoms with Crippen LogP contribution in [0.1, 0.15) is 52.6 Å². The highest BCUT2D eigenvalue weighted by Crippen LogP contribution is 2.44. The number of amides is 2. The summed E-state index contributed by atoms with van der Waals surface area (Å²) in [6, 6.07) is 16.6. The Morgan fingerprint density at radius 3 is 2.51 bits per heavy atom. The highest BCUT2D eigenvalue weighted by atomic mass is 31.2. The van der Waals surface area contributed by atoms with Crippen LogP contribution in [0.5, 0.6) is 11.5 Å². The van der Waals surface area contributed by atoms with Crippen LogP contribution in [0.15, 0.2) is 72.9 Å². The first kappa shape index (κ1) is 33.6. The Kier molecular flexibility index (Phi) is 10.2. The van der Waals surface area contributed by atoms with Gasteiger partial charge in [0.1, 0.15) is 23.1 Å². The minimum absolute atomic E-state index is 0.0132. The van der Waals surface area contributed by atoms with Gasteiger partial charge in [-0.1, -0.05) is 36.4 Å². The van der Waals surface area contributed by atoms with Crippen LogP contribution in [0.25, 0.3) is 10.9 Å². The van der Waals surface area contributed by atoms with Gasteiger partial charge in [0.15, 0.2) is 5.75 Å². The summed E-state index contributed by atoms with van der Waals surface area (Å²) in [4.78, 5) is 47.6. The molecule has 11 nitrogen and oxygen atoms in total. The molecule has 1 aromatic heterocycles. The number of phenolic OH excluding ortho intramolecular Hbond substituents is 1. The lowest BCUT2D eigenvalue weighted by atomic mass is 9.95. The molecule has 246 valence electrons. The van der Waals surface area contributed by atoms with Crippen LogP contribution in [-0.2, 0) is 27.2 Å². The van der Waals surface area contributed by atoms with Gasteiger partial charge in [-0.25, -0.2) is 9.48 Å². The number of carbonyl (C=O) groups is 3. The van der Waals surface area contributed by atoms with Gasteiger partial charge in [-0.3, -0.25) is 23.9 Å². The zero-order chi connectivity index (χ0) is 33.7.